The van der Waals surface area contributed by atoms with Gasteiger partial charge in [-0.2, -0.15) is 9.40 Å². The van der Waals surface area contributed by atoms with Gasteiger partial charge in [0.25, 0.3) is 0 Å². The zero-order chi connectivity index (χ0) is 20.4. The second-order valence-electron chi connectivity index (χ2n) is 5.97. The van der Waals surface area contributed by atoms with Gasteiger partial charge in [-0.05, 0) is 38.1 Å². The molecule has 0 radical (unpaired) electrons. The van der Waals surface area contributed by atoms with Gasteiger partial charge in [-0.1, -0.05) is 13.8 Å². The minimum Gasteiger partial charge on any atom is -0.292 e. The summed E-state index contributed by atoms with van der Waals surface area (Å²) in [6, 6.07) is 5.67. The molecule has 0 aliphatic heterocycles. The number of nitrogens with zero attached hydrogens (tertiary/aromatic N) is 4. The van der Waals surface area contributed by atoms with Crippen LogP contribution in [0.25, 0.3) is 0 Å². The molecular formula is C17H22N4O5S. The summed E-state index contributed by atoms with van der Waals surface area (Å²) in [7, 11) is -3.59. The molecule has 27 heavy (non-hydrogen) atoms. The van der Waals surface area contributed by atoms with Crippen LogP contribution in [0.2, 0.25) is 0 Å². The Labute approximate surface area is 157 Å². The van der Waals surface area contributed by atoms with E-state index in [0.717, 1.165) is 0 Å². The van der Waals surface area contributed by atoms with Crippen molar-refractivity contribution in [1.29, 1.82) is 0 Å². The highest BCUT2D eigenvalue weighted by atomic mass is 32.2. The molecule has 1 aromatic carbocycles. The minimum absolute atomic E-state index is 0.108. The standard InChI is InChI=1S/C17H22N4O5S/c1-5-19(6-2)27(25,26)15-9-7-14(8-10-15)16(22)11-20-13(4)17(21(23)24)12(3)18-20/h7-10H,5-6,11H2,1-4H3. The van der Waals surface area contributed by atoms with Crippen LogP contribution in [-0.4, -0.2) is 46.3 Å². The first kappa shape index (κ1) is 20.7. The predicted octanol–water partition coefficient (Wildman–Crippen LogP) is 2.32. The number of Topliss-reactive ketones (excluding diaryl/α,β-unsaturated/α-hetero) is 1. The summed E-state index contributed by atoms with van der Waals surface area (Å²) in [5, 5.41) is 15.1. The lowest BCUT2D eigenvalue weighted by Gasteiger charge is -2.18. The van der Waals surface area contributed by atoms with Crippen molar-refractivity contribution in [3.63, 3.8) is 0 Å². The summed E-state index contributed by atoms with van der Waals surface area (Å²) < 4.78 is 27.6. The molecule has 10 heteroatoms. The number of hydrogen-bond acceptors (Lipinski definition) is 6. The van der Waals surface area contributed by atoms with E-state index >= 15 is 0 Å². The van der Waals surface area contributed by atoms with Crippen LogP contribution in [0.5, 0.6) is 0 Å². The Morgan fingerprint density at radius 2 is 1.74 bits per heavy atom. The molecule has 0 aliphatic carbocycles. The van der Waals surface area contributed by atoms with Crippen molar-refractivity contribution in [2.45, 2.75) is 39.1 Å². The van der Waals surface area contributed by atoms with Gasteiger partial charge in [-0.15, -0.1) is 0 Å². The number of hydrogen-bond donors (Lipinski definition) is 0. The maximum Gasteiger partial charge on any atom is 0.312 e. The van der Waals surface area contributed by atoms with Crippen LogP contribution in [0.15, 0.2) is 29.2 Å². The Morgan fingerprint density at radius 1 is 1.19 bits per heavy atom. The summed E-state index contributed by atoms with van der Waals surface area (Å²) in [4.78, 5) is 23.1. The monoisotopic (exact) mass is 394 g/mol. The van der Waals surface area contributed by atoms with E-state index < -0.39 is 14.9 Å². The van der Waals surface area contributed by atoms with Gasteiger partial charge in [0.1, 0.15) is 17.9 Å². The molecule has 9 nitrogen and oxygen atoms in total. The third-order valence-corrected chi connectivity index (χ3v) is 6.40. The molecule has 2 rings (SSSR count). The van der Waals surface area contributed by atoms with Crippen LogP contribution in [-0.2, 0) is 16.6 Å². The van der Waals surface area contributed by atoms with Gasteiger partial charge in [-0.25, -0.2) is 8.42 Å². The average molecular weight is 394 g/mol. The molecule has 0 N–H and O–H groups in total. The van der Waals surface area contributed by atoms with Gasteiger partial charge in [0, 0.05) is 18.7 Å². The fourth-order valence-electron chi connectivity index (χ4n) is 2.86. The molecule has 0 amide bonds. The second kappa shape index (κ2) is 7.97. The van der Waals surface area contributed by atoms with Gasteiger partial charge in [-0.3, -0.25) is 19.6 Å². The zero-order valence-electron chi connectivity index (χ0n) is 15.7. The van der Waals surface area contributed by atoms with Gasteiger partial charge in [0.15, 0.2) is 5.78 Å². The third kappa shape index (κ3) is 4.06. The van der Waals surface area contributed by atoms with Crippen molar-refractivity contribution in [2.75, 3.05) is 13.1 Å². The smallest absolute Gasteiger partial charge is 0.292 e. The fraction of sp³-hybridized carbons (Fsp3) is 0.412. The molecule has 0 aliphatic rings. The molecule has 1 heterocycles. The second-order valence-corrected chi connectivity index (χ2v) is 7.91. The minimum atomic E-state index is -3.59. The summed E-state index contributed by atoms with van der Waals surface area (Å²) in [5.74, 6) is -0.317. The molecule has 0 saturated heterocycles. The van der Waals surface area contributed by atoms with Crippen LogP contribution in [0, 0.1) is 24.0 Å². The summed E-state index contributed by atoms with van der Waals surface area (Å²) in [6.45, 7) is 7.11. The van der Waals surface area contributed by atoms with Gasteiger partial charge in [0.05, 0.1) is 9.82 Å². The van der Waals surface area contributed by atoms with E-state index in [1.165, 1.54) is 47.1 Å². The number of benzene rings is 1. The Balaban J connectivity index is 2.24. The van der Waals surface area contributed by atoms with E-state index in [9.17, 15) is 23.3 Å². The molecule has 0 atom stereocenters. The van der Waals surface area contributed by atoms with Crippen LogP contribution < -0.4 is 0 Å². The number of rotatable bonds is 8. The molecule has 2 aromatic rings. The van der Waals surface area contributed by atoms with Crippen molar-refractivity contribution < 1.29 is 18.1 Å². The number of carbonyl (C=O) groups is 1. The lowest BCUT2D eigenvalue weighted by atomic mass is 10.1. The summed E-state index contributed by atoms with van der Waals surface area (Å²) >= 11 is 0. The van der Waals surface area contributed by atoms with E-state index in [0.29, 0.717) is 24.3 Å². The number of carbonyl (C=O) groups excluding carboxylic acids is 1. The number of nitro groups is 1. The highest BCUT2D eigenvalue weighted by Crippen LogP contribution is 2.22. The van der Waals surface area contributed by atoms with E-state index in [1.807, 2.05) is 0 Å². The molecule has 0 bridgehead atoms. The zero-order valence-corrected chi connectivity index (χ0v) is 16.5. The quantitative estimate of drug-likeness (QED) is 0.385. The van der Waals surface area contributed by atoms with Gasteiger partial charge < -0.3 is 0 Å². The SMILES string of the molecule is CCN(CC)S(=O)(=O)c1ccc(C(=O)Cn2nc(C)c([N+](=O)[O-])c2C)cc1. The highest BCUT2D eigenvalue weighted by molar-refractivity contribution is 7.89. The number of aryl methyl sites for hydroxylation is 1. The summed E-state index contributed by atoms with van der Waals surface area (Å²) in [5.41, 5.74) is 0.740. The van der Waals surface area contributed by atoms with E-state index in [4.69, 9.17) is 0 Å². The van der Waals surface area contributed by atoms with Crippen LogP contribution in [0.3, 0.4) is 0 Å². The lowest BCUT2D eigenvalue weighted by Crippen LogP contribution is -2.30. The first-order chi connectivity index (χ1) is 12.6. The normalized spacial score (nSPS) is 11.7. The van der Waals surface area contributed by atoms with Crippen LogP contribution in [0.4, 0.5) is 5.69 Å². The molecule has 0 fully saturated rings. The molecule has 0 spiro atoms. The lowest BCUT2D eigenvalue weighted by molar-refractivity contribution is -0.386. The first-order valence-corrected chi connectivity index (χ1v) is 9.89. The largest absolute Gasteiger partial charge is 0.312 e. The van der Waals surface area contributed by atoms with Gasteiger partial charge in [0.2, 0.25) is 10.0 Å². The molecule has 146 valence electrons. The van der Waals surface area contributed by atoms with E-state index in [-0.39, 0.29) is 28.6 Å². The molecule has 1 aromatic heterocycles. The molecule has 0 unspecified atom stereocenters. The predicted molar refractivity (Wildman–Crippen MR) is 99.2 cm³/mol. The maximum atomic E-state index is 12.5. The average Bonchev–Trinajstić information content (AvgIpc) is 2.89. The van der Waals surface area contributed by atoms with Crippen molar-refractivity contribution in [2.24, 2.45) is 0 Å². The third-order valence-electron chi connectivity index (χ3n) is 4.34. The summed E-state index contributed by atoms with van der Waals surface area (Å²) in [6.07, 6.45) is 0. The maximum absolute atomic E-state index is 12.5. The number of sulfonamides is 1. The Morgan fingerprint density at radius 3 is 2.19 bits per heavy atom. The highest BCUT2D eigenvalue weighted by Gasteiger charge is 2.24. The van der Waals surface area contributed by atoms with Crippen molar-refractivity contribution in [1.82, 2.24) is 14.1 Å². The van der Waals surface area contributed by atoms with Gasteiger partial charge >= 0.3 is 5.69 Å². The topological polar surface area (TPSA) is 115 Å². The first-order valence-electron chi connectivity index (χ1n) is 8.45. The van der Waals surface area contributed by atoms with Crippen molar-refractivity contribution in [3.05, 3.63) is 51.3 Å². The van der Waals surface area contributed by atoms with E-state index in [1.54, 1.807) is 13.8 Å². The number of aromatic nitrogens is 2. The Kier molecular flexibility index (Phi) is 6.11. The van der Waals surface area contributed by atoms with Crippen molar-refractivity contribution in [3.8, 4) is 0 Å². The molecule has 0 saturated carbocycles. The fourth-order valence-corrected chi connectivity index (χ4v) is 4.32. The van der Waals surface area contributed by atoms with Crippen LogP contribution in [0.1, 0.15) is 35.6 Å². The Bertz CT molecular complexity index is 960. The number of ketones is 1. The Hall–Kier alpha value is -2.59. The van der Waals surface area contributed by atoms with Crippen LogP contribution >= 0.6 is 0 Å². The molecular weight excluding hydrogens is 372 g/mol. The van der Waals surface area contributed by atoms with E-state index in [2.05, 4.69) is 5.10 Å². The van der Waals surface area contributed by atoms with Crippen molar-refractivity contribution >= 4 is 21.5 Å².